The lowest BCUT2D eigenvalue weighted by molar-refractivity contribution is -0.123. The Labute approximate surface area is 149 Å². The number of rotatable bonds is 6. The van der Waals surface area contributed by atoms with Gasteiger partial charge in [0.2, 0.25) is 5.91 Å². The summed E-state index contributed by atoms with van der Waals surface area (Å²) < 4.78 is 10.6. The summed E-state index contributed by atoms with van der Waals surface area (Å²) in [5.41, 5.74) is 2.44. The smallest absolute Gasteiger partial charge is 0.229 e. The molecule has 25 heavy (non-hydrogen) atoms. The normalized spacial score (nSPS) is 10.9. The fourth-order valence-electron chi connectivity index (χ4n) is 2.18. The van der Waals surface area contributed by atoms with Gasteiger partial charge in [-0.25, -0.2) is 0 Å². The third-order valence-corrected chi connectivity index (χ3v) is 3.77. The average molecular weight is 342 g/mol. The van der Waals surface area contributed by atoms with Crippen molar-refractivity contribution in [2.24, 2.45) is 5.41 Å². The molecule has 2 aromatic rings. The van der Waals surface area contributed by atoms with Gasteiger partial charge in [0.05, 0.1) is 14.2 Å². The Morgan fingerprint density at radius 1 is 0.920 bits per heavy atom. The van der Waals surface area contributed by atoms with E-state index in [1.165, 1.54) is 0 Å². The van der Waals surface area contributed by atoms with Gasteiger partial charge in [-0.3, -0.25) is 4.79 Å². The van der Waals surface area contributed by atoms with Crippen molar-refractivity contribution in [2.75, 3.05) is 24.9 Å². The van der Waals surface area contributed by atoms with Gasteiger partial charge < -0.3 is 20.1 Å². The monoisotopic (exact) mass is 342 g/mol. The Morgan fingerprint density at radius 3 is 2.08 bits per heavy atom. The minimum absolute atomic E-state index is 0.00135. The van der Waals surface area contributed by atoms with Gasteiger partial charge in [0.1, 0.15) is 0 Å². The van der Waals surface area contributed by atoms with E-state index in [-0.39, 0.29) is 5.91 Å². The molecular weight excluding hydrogens is 316 g/mol. The van der Waals surface area contributed by atoms with Crippen molar-refractivity contribution in [3.63, 3.8) is 0 Å². The molecule has 2 N–H and O–H groups in total. The number of hydrogen-bond donors (Lipinski definition) is 2. The lowest BCUT2D eigenvalue weighted by Crippen LogP contribution is -2.27. The van der Waals surface area contributed by atoms with Gasteiger partial charge in [0.15, 0.2) is 11.5 Å². The maximum atomic E-state index is 12.0. The van der Waals surface area contributed by atoms with Gasteiger partial charge in [-0.05, 0) is 42.0 Å². The molecule has 0 aromatic heterocycles. The van der Waals surface area contributed by atoms with Gasteiger partial charge in [0.25, 0.3) is 0 Å². The summed E-state index contributed by atoms with van der Waals surface area (Å²) in [6.45, 7) is 6.33. The SMILES string of the molecule is COc1ccc(CNc2ccc(NC(=O)C(C)(C)C)cc2)cc1OC. The number of nitrogens with one attached hydrogen (secondary N) is 2. The fourth-order valence-corrected chi connectivity index (χ4v) is 2.18. The van der Waals surface area contributed by atoms with Crippen LogP contribution in [0.5, 0.6) is 11.5 Å². The first-order chi connectivity index (χ1) is 11.8. The third-order valence-electron chi connectivity index (χ3n) is 3.77. The molecule has 134 valence electrons. The summed E-state index contributed by atoms with van der Waals surface area (Å²) in [5, 5.41) is 6.26. The zero-order valence-electron chi connectivity index (χ0n) is 15.5. The number of carbonyl (C=O) groups is 1. The van der Waals surface area contributed by atoms with E-state index in [1.807, 2.05) is 63.2 Å². The number of hydrogen-bond acceptors (Lipinski definition) is 4. The summed E-state index contributed by atoms with van der Waals surface area (Å²) in [6, 6.07) is 13.5. The number of anilines is 2. The number of amides is 1. The molecule has 5 heteroatoms. The molecule has 0 bridgehead atoms. The van der Waals surface area contributed by atoms with Crippen LogP contribution >= 0.6 is 0 Å². The van der Waals surface area contributed by atoms with Gasteiger partial charge in [0, 0.05) is 23.3 Å². The Hall–Kier alpha value is -2.69. The predicted octanol–water partition coefficient (Wildman–Crippen LogP) is 4.30. The molecule has 0 fully saturated rings. The molecule has 0 heterocycles. The van der Waals surface area contributed by atoms with Crippen molar-refractivity contribution < 1.29 is 14.3 Å². The Bertz CT molecular complexity index is 719. The summed E-state index contributed by atoms with van der Waals surface area (Å²) in [6.07, 6.45) is 0. The second kappa shape index (κ2) is 7.92. The van der Waals surface area contributed by atoms with E-state index in [4.69, 9.17) is 9.47 Å². The molecule has 2 aromatic carbocycles. The molecule has 0 unspecified atom stereocenters. The van der Waals surface area contributed by atoms with Gasteiger partial charge in [-0.15, -0.1) is 0 Å². The van der Waals surface area contributed by atoms with Crippen LogP contribution < -0.4 is 20.1 Å². The number of benzene rings is 2. The maximum Gasteiger partial charge on any atom is 0.229 e. The molecule has 0 radical (unpaired) electrons. The molecule has 0 atom stereocenters. The van der Waals surface area contributed by atoms with Crippen molar-refractivity contribution in [3.05, 3.63) is 48.0 Å². The van der Waals surface area contributed by atoms with Crippen LogP contribution in [0.15, 0.2) is 42.5 Å². The minimum Gasteiger partial charge on any atom is -0.493 e. The van der Waals surface area contributed by atoms with Gasteiger partial charge in [-0.2, -0.15) is 0 Å². The quantitative estimate of drug-likeness (QED) is 0.822. The first kappa shape index (κ1) is 18.6. The van der Waals surface area contributed by atoms with Crippen molar-refractivity contribution >= 4 is 17.3 Å². The van der Waals surface area contributed by atoms with Crippen LogP contribution in [0.4, 0.5) is 11.4 Å². The average Bonchev–Trinajstić information content (AvgIpc) is 2.60. The van der Waals surface area contributed by atoms with Crippen LogP contribution in [-0.2, 0) is 11.3 Å². The molecule has 5 nitrogen and oxygen atoms in total. The highest BCUT2D eigenvalue weighted by molar-refractivity contribution is 5.94. The van der Waals surface area contributed by atoms with Crippen LogP contribution in [-0.4, -0.2) is 20.1 Å². The standard InChI is InChI=1S/C20H26N2O3/c1-20(2,3)19(23)22-16-9-7-15(8-10-16)21-13-14-6-11-17(24-4)18(12-14)25-5/h6-12,21H,13H2,1-5H3,(H,22,23). The maximum absolute atomic E-state index is 12.0. The molecule has 0 aliphatic carbocycles. The van der Waals surface area contributed by atoms with Crippen LogP contribution in [0, 0.1) is 5.41 Å². The van der Waals surface area contributed by atoms with E-state index in [1.54, 1.807) is 14.2 Å². The molecule has 0 saturated heterocycles. The summed E-state index contributed by atoms with van der Waals surface area (Å²) in [4.78, 5) is 12.0. The number of carbonyl (C=O) groups excluding carboxylic acids is 1. The van der Waals surface area contributed by atoms with E-state index in [0.29, 0.717) is 18.0 Å². The van der Waals surface area contributed by atoms with E-state index < -0.39 is 5.41 Å². The van der Waals surface area contributed by atoms with Gasteiger partial charge in [-0.1, -0.05) is 26.8 Å². The Kier molecular flexibility index (Phi) is 5.91. The molecule has 2 rings (SSSR count). The highest BCUT2D eigenvalue weighted by atomic mass is 16.5. The van der Waals surface area contributed by atoms with Crippen LogP contribution in [0.3, 0.4) is 0 Å². The van der Waals surface area contributed by atoms with Crippen molar-refractivity contribution in [1.29, 1.82) is 0 Å². The molecular formula is C20H26N2O3. The number of methoxy groups -OCH3 is 2. The zero-order chi connectivity index (χ0) is 18.4. The van der Waals surface area contributed by atoms with Crippen LogP contribution in [0.25, 0.3) is 0 Å². The third kappa shape index (κ3) is 5.14. The molecule has 0 spiro atoms. The highest BCUT2D eigenvalue weighted by Gasteiger charge is 2.20. The lowest BCUT2D eigenvalue weighted by atomic mass is 9.95. The Balaban J connectivity index is 1.97. The first-order valence-electron chi connectivity index (χ1n) is 8.20. The summed E-state index contributed by atoms with van der Waals surface area (Å²) in [7, 11) is 3.25. The van der Waals surface area contributed by atoms with Gasteiger partial charge >= 0.3 is 0 Å². The molecule has 0 saturated carbocycles. The van der Waals surface area contributed by atoms with E-state index in [2.05, 4.69) is 10.6 Å². The summed E-state index contributed by atoms with van der Waals surface area (Å²) in [5.74, 6) is 1.42. The fraction of sp³-hybridized carbons (Fsp3) is 0.350. The van der Waals surface area contributed by atoms with E-state index in [0.717, 1.165) is 16.9 Å². The molecule has 0 aliphatic heterocycles. The molecule has 1 amide bonds. The van der Waals surface area contributed by atoms with Crippen molar-refractivity contribution in [2.45, 2.75) is 27.3 Å². The number of ether oxygens (including phenoxy) is 2. The van der Waals surface area contributed by atoms with E-state index in [9.17, 15) is 4.79 Å². The second-order valence-electron chi connectivity index (χ2n) is 6.82. The first-order valence-corrected chi connectivity index (χ1v) is 8.20. The van der Waals surface area contributed by atoms with Crippen molar-refractivity contribution in [1.82, 2.24) is 0 Å². The highest BCUT2D eigenvalue weighted by Crippen LogP contribution is 2.28. The molecule has 0 aliphatic rings. The van der Waals surface area contributed by atoms with Crippen LogP contribution in [0.1, 0.15) is 26.3 Å². The summed E-state index contributed by atoms with van der Waals surface area (Å²) >= 11 is 0. The van der Waals surface area contributed by atoms with Crippen LogP contribution in [0.2, 0.25) is 0 Å². The topological polar surface area (TPSA) is 59.6 Å². The lowest BCUT2D eigenvalue weighted by Gasteiger charge is -2.18. The Morgan fingerprint density at radius 2 is 1.52 bits per heavy atom. The largest absolute Gasteiger partial charge is 0.493 e. The predicted molar refractivity (Wildman–Crippen MR) is 101 cm³/mol. The van der Waals surface area contributed by atoms with E-state index >= 15 is 0 Å². The zero-order valence-corrected chi connectivity index (χ0v) is 15.5. The second-order valence-corrected chi connectivity index (χ2v) is 6.82. The minimum atomic E-state index is -0.412. The van der Waals surface area contributed by atoms with Crippen molar-refractivity contribution in [3.8, 4) is 11.5 Å².